The molecule has 2 saturated heterocycles. The topological polar surface area (TPSA) is 74.6 Å². The zero-order valence-corrected chi connectivity index (χ0v) is 12.7. The molecule has 8 heteroatoms. The number of rotatable bonds is 2. The molecule has 0 saturated carbocycles. The van der Waals surface area contributed by atoms with Crippen molar-refractivity contribution in [1.82, 2.24) is 29.5 Å². The maximum absolute atomic E-state index is 12.7. The molecule has 4 rings (SSSR count). The Morgan fingerprint density at radius 1 is 1.27 bits per heavy atom. The second-order valence-electron chi connectivity index (χ2n) is 6.48. The third-order valence-electron chi connectivity index (χ3n) is 4.91. The van der Waals surface area contributed by atoms with Crippen molar-refractivity contribution in [3.63, 3.8) is 0 Å². The number of hydrogen-bond donors (Lipinski definition) is 0. The zero-order valence-electron chi connectivity index (χ0n) is 12.7. The lowest BCUT2D eigenvalue weighted by atomic mass is 10.1. The molecule has 2 fully saturated rings. The molecule has 22 heavy (non-hydrogen) atoms. The molecule has 0 spiro atoms. The number of aromatic nitrogens is 3. The molecule has 3 aliphatic heterocycles. The number of amides is 2. The van der Waals surface area contributed by atoms with Crippen LogP contribution < -0.4 is 0 Å². The Hall–Kier alpha value is -1.96. The van der Waals surface area contributed by atoms with Crippen LogP contribution in [0.15, 0.2) is 6.33 Å². The van der Waals surface area contributed by atoms with Crippen LogP contribution in [-0.2, 0) is 22.7 Å². The standard InChI is InChI=1S/C14H20N6O2/c1-17-6-11(7-17)19-5-10(4-13(19)21)14(22)18-2-3-20-12(8-18)15-9-16-20/h9-11H,2-8H2,1H3. The molecule has 4 heterocycles. The van der Waals surface area contributed by atoms with Gasteiger partial charge in [-0.05, 0) is 7.05 Å². The Kier molecular flexibility index (Phi) is 3.14. The summed E-state index contributed by atoms with van der Waals surface area (Å²) in [4.78, 5) is 35.0. The summed E-state index contributed by atoms with van der Waals surface area (Å²) in [6.45, 7) is 4.22. The molecule has 1 aromatic heterocycles. The molecule has 0 radical (unpaired) electrons. The van der Waals surface area contributed by atoms with E-state index >= 15 is 0 Å². The molecule has 2 amide bonds. The lowest BCUT2D eigenvalue weighted by Gasteiger charge is -2.42. The number of likely N-dealkylation sites (N-methyl/N-ethyl adjacent to an activating group) is 1. The molecule has 0 aliphatic carbocycles. The highest BCUT2D eigenvalue weighted by molar-refractivity contribution is 5.89. The van der Waals surface area contributed by atoms with Crippen molar-refractivity contribution in [3.8, 4) is 0 Å². The van der Waals surface area contributed by atoms with Crippen molar-refractivity contribution in [2.75, 3.05) is 33.2 Å². The minimum absolute atomic E-state index is 0.0813. The SMILES string of the molecule is CN1CC(N2CC(C(=O)N3CCn4ncnc4C3)CC2=O)C1. The minimum Gasteiger partial charge on any atom is -0.336 e. The van der Waals surface area contributed by atoms with E-state index in [4.69, 9.17) is 0 Å². The summed E-state index contributed by atoms with van der Waals surface area (Å²) in [5, 5.41) is 4.12. The average molecular weight is 304 g/mol. The van der Waals surface area contributed by atoms with E-state index in [0.29, 0.717) is 38.6 Å². The van der Waals surface area contributed by atoms with Crippen molar-refractivity contribution in [1.29, 1.82) is 0 Å². The smallest absolute Gasteiger partial charge is 0.228 e. The second-order valence-corrected chi connectivity index (χ2v) is 6.48. The predicted molar refractivity (Wildman–Crippen MR) is 76.5 cm³/mol. The fourth-order valence-electron chi connectivity index (χ4n) is 3.62. The van der Waals surface area contributed by atoms with Crippen LogP contribution >= 0.6 is 0 Å². The molecule has 1 aromatic rings. The van der Waals surface area contributed by atoms with Crippen LogP contribution in [-0.4, -0.2) is 80.5 Å². The van der Waals surface area contributed by atoms with E-state index in [0.717, 1.165) is 18.9 Å². The normalized spacial score (nSPS) is 26.2. The van der Waals surface area contributed by atoms with E-state index in [1.54, 1.807) is 0 Å². The summed E-state index contributed by atoms with van der Waals surface area (Å²) in [6, 6.07) is 0.291. The maximum Gasteiger partial charge on any atom is 0.228 e. The molecule has 0 aromatic carbocycles. The highest BCUT2D eigenvalue weighted by Gasteiger charge is 2.42. The Morgan fingerprint density at radius 2 is 2.09 bits per heavy atom. The summed E-state index contributed by atoms with van der Waals surface area (Å²) in [5.41, 5.74) is 0. The predicted octanol–water partition coefficient (Wildman–Crippen LogP) is -1.22. The van der Waals surface area contributed by atoms with E-state index in [1.807, 2.05) is 21.5 Å². The summed E-state index contributed by atoms with van der Waals surface area (Å²) in [7, 11) is 2.05. The third-order valence-corrected chi connectivity index (χ3v) is 4.91. The molecule has 0 bridgehead atoms. The van der Waals surface area contributed by atoms with Gasteiger partial charge in [0.25, 0.3) is 0 Å². The van der Waals surface area contributed by atoms with E-state index in [2.05, 4.69) is 15.0 Å². The first-order valence-electron chi connectivity index (χ1n) is 7.75. The summed E-state index contributed by atoms with van der Waals surface area (Å²) in [5.74, 6) is 0.823. The lowest BCUT2D eigenvalue weighted by molar-refractivity contribution is -0.137. The number of carbonyl (C=O) groups excluding carboxylic acids is 2. The second kappa shape index (κ2) is 5.05. The maximum atomic E-state index is 12.7. The van der Waals surface area contributed by atoms with Crippen LogP contribution in [0.2, 0.25) is 0 Å². The molecule has 1 unspecified atom stereocenters. The first-order chi connectivity index (χ1) is 10.6. The molecule has 118 valence electrons. The van der Waals surface area contributed by atoms with Crippen molar-refractivity contribution in [3.05, 3.63) is 12.2 Å². The Morgan fingerprint density at radius 3 is 2.86 bits per heavy atom. The number of fused-ring (bicyclic) bond motifs is 1. The van der Waals surface area contributed by atoms with Gasteiger partial charge >= 0.3 is 0 Å². The molecule has 1 atom stereocenters. The van der Waals surface area contributed by atoms with Crippen molar-refractivity contribution in [2.45, 2.75) is 25.6 Å². The highest BCUT2D eigenvalue weighted by atomic mass is 16.2. The van der Waals surface area contributed by atoms with Gasteiger partial charge in [0.15, 0.2) is 0 Å². The number of hydrogen-bond acceptors (Lipinski definition) is 5. The fraction of sp³-hybridized carbons (Fsp3) is 0.714. The van der Waals surface area contributed by atoms with Crippen LogP contribution in [0.3, 0.4) is 0 Å². The fourth-order valence-corrected chi connectivity index (χ4v) is 3.62. The monoisotopic (exact) mass is 304 g/mol. The van der Waals surface area contributed by atoms with E-state index in [1.165, 1.54) is 6.33 Å². The molecular formula is C14H20N6O2. The van der Waals surface area contributed by atoms with Gasteiger partial charge in [-0.2, -0.15) is 5.10 Å². The number of likely N-dealkylation sites (tertiary alicyclic amines) is 2. The van der Waals surface area contributed by atoms with E-state index in [9.17, 15) is 9.59 Å². The van der Waals surface area contributed by atoms with E-state index < -0.39 is 0 Å². The third kappa shape index (κ3) is 2.18. The number of carbonyl (C=O) groups is 2. The van der Waals surface area contributed by atoms with Gasteiger partial charge in [-0.15, -0.1) is 0 Å². The molecule has 8 nitrogen and oxygen atoms in total. The zero-order chi connectivity index (χ0) is 15.3. The van der Waals surface area contributed by atoms with E-state index in [-0.39, 0.29) is 17.7 Å². The average Bonchev–Trinajstić information content (AvgIpc) is 3.08. The summed E-state index contributed by atoms with van der Waals surface area (Å²) >= 11 is 0. The van der Waals surface area contributed by atoms with Gasteiger partial charge in [0.1, 0.15) is 12.2 Å². The van der Waals surface area contributed by atoms with Crippen molar-refractivity contribution < 1.29 is 9.59 Å². The van der Waals surface area contributed by atoms with Gasteiger partial charge in [-0.25, -0.2) is 9.67 Å². The van der Waals surface area contributed by atoms with Crippen LogP contribution in [0.5, 0.6) is 0 Å². The van der Waals surface area contributed by atoms with Gasteiger partial charge in [0.05, 0.1) is 25.0 Å². The van der Waals surface area contributed by atoms with Crippen molar-refractivity contribution >= 4 is 11.8 Å². The van der Waals surface area contributed by atoms with Gasteiger partial charge in [-0.3, -0.25) is 9.59 Å². The molecular weight excluding hydrogens is 284 g/mol. The van der Waals surface area contributed by atoms with Crippen LogP contribution in [0, 0.1) is 5.92 Å². The quantitative estimate of drug-likeness (QED) is 0.685. The van der Waals surface area contributed by atoms with Crippen molar-refractivity contribution in [2.24, 2.45) is 5.92 Å². The Labute approximate surface area is 128 Å². The Balaban J connectivity index is 1.40. The van der Waals surface area contributed by atoms with Gasteiger partial charge in [0, 0.05) is 32.6 Å². The lowest BCUT2D eigenvalue weighted by Crippen LogP contribution is -2.58. The Bertz CT molecular complexity index is 608. The summed E-state index contributed by atoms with van der Waals surface area (Å²) in [6.07, 6.45) is 1.87. The first kappa shape index (κ1) is 13.7. The first-order valence-corrected chi connectivity index (χ1v) is 7.75. The molecule has 0 N–H and O–H groups in total. The number of nitrogens with zero attached hydrogens (tertiary/aromatic N) is 6. The minimum atomic E-state index is -0.201. The largest absolute Gasteiger partial charge is 0.336 e. The van der Waals surface area contributed by atoms with Gasteiger partial charge in [0.2, 0.25) is 11.8 Å². The molecule has 3 aliphatic rings. The van der Waals surface area contributed by atoms with Gasteiger partial charge < -0.3 is 14.7 Å². The summed E-state index contributed by atoms with van der Waals surface area (Å²) < 4.78 is 1.83. The van der Waals surface area contributed by atoms with Crippen LogP contribution in [0.1, 0.15) is 12.2 Å². The highest BCUT2D eigenvalue weighted by Crippen LogP contribution is 2.26. The van der Waals surface area contributed by atoms with Crippen LogP contribution in [0.4, 0.5) is 0 Å². The van der Waals surface area contributed by atoms with Crippen LogP contribution in [0.25, 0.3) is 0 Å². The van der Waals surface area contributed by atoms with Gasteiger partial charge in [-0.1, -0.05) is 0 Å².